The van der Waals surface area contributed by atoms with Gasteiger partial charge in [0.25, 0.3) is 0 Å². The fourth-order valence-corrected chi connectivity index (χ4v) is 2.03. The molecule has 2 aromatic rings. The third kappa shape index (κ3) is 3.59. The average Bonchev–Trinajstić information content (AvgIpc) is 2.48. The minimum atomic E-state index is -4.47. The van der Waals surface area contributed by atoms with E-state index in [1.165, 1.54) is 6.08 Å². The van der Waals surface area contributed by atoms with E-state index in [0.29, 0.717) is 16.8 Å². The molecule has 0 amide bonds. The summed E-state index contributed by atoms with van der Waals surface area (Å²) in [6.45, 7) is 0. The number of hydrogen-bond acceptors (Lipinski definition) is 2. The van der Waals surface area contributed by atoms with Crippen LogP contribution >= 0.6 is 23.2 Å². The van der Waals surface area contributed by atoms with Crippen molar-refractivity contribution in [3.05, 3.63) is 63.4 Å². The number of nitrogens with zero attached hydrogens (tertiary/aromatic N) is 2. The van der Waals surface area contributed by atoms with E-state index in [1.54, 1.807) is 18.2 Å². The van der Waals surface area contributed by atoms with Crippen molar-refractivity contribution in [1.29, 1.82) is 5.26 Å². The van der Waals surface area contributed by atoms with Gasteiger partial charge in [0, 0.05) is 6.20 Å². The van der Waals surface area contributed by atoms with Crippen molar-refractivity contribution in [3.8, 4) is 6.07 Å². The molecule has 0 saturated heterocycles. The highest BCUT2D eigenvalue weighted by molar-refractivity contribution is 6.43. The molecule has 0 saturated carbocycles. The van der Waals surface area contributed by atoms with Crippen LogP contribution in [0.1, 0.15) is 16.8 Å². The van der Waals surface area contributed by atoms with Gasteiger partial charge in [-0.25, -0.2) is 0 Å². The highest BCUT2D eigenvalue weighted by Gasteiger charge is 2.30. The Hall–Kier alpha value is -2.03. The number of rotatable bonds is 2. The van der Waals surface area contributed by atoms with Gasteiger partial charge in [-0.15, -0.1) is 0 Å². The van der Waals surface area contributed by atoms with Gasteiger partial charge in [-0.1, -0.05) is 35.3 Å². The molecule has 22 heavy (non-hydrogen) atoms. The number of pyridine rings is 1. The Morgan fingerprint density at radius 2 is 1.91 bits per heavy atom. The first-order chi connectivity index (χ1) is 10.3. The van der Waals surface area contributed by atoms with Crippen LogP contribution in [-0.4, -0.2) is 4.98 Å². The molecule has 7 heteroatoms. The molecule has 0 unspecified atom stereocenters. The fourth-order valence-electron chi connectivity index (χ4n) is 1.67. The van der Waals surface area contributed by atoms with Gasteiger partial charge in [-0.05, 0) is 29.8 Å². The van der Waals surface area contributed by atoms with Crippen LogP contribution in [0.3, 0.4) is 0 Å². The van der Waals surface area contributed by atoms with Gasteiger partial charge in [0.1, 0.15) is 6.07 Å². The van der Waals surface area contributed by atoms with Crippen LogP contribution in [0.5, 0.6) is 0 Å². The second-order valence-electron chi connectivity index (χ2n) is 4.24. The van der Waals surface area contributed by atoms with Gasteiger partial charge in [0.2, 0.25) is 0 Å². The lowest BCUT2D eigenvalue weighted by atomic mass is 10.1. The van der Waals surface area contributed by atoms with Crippen LogP contribution in [0.2, 0.25) is 10.0 Å². The number of nitriles is 1. The van der Waals surface area contributed by atoms with Gasteiger partial charge in [-0.3, -0.25) is 4.98 Å². The third-order valence-electron chi connectivity index (χ3n) is 2.77. The Balaban J connectivity index is 2.43. The summed E-state index contributed by atoms with van der Waals surface area (Å²) in [4.78, 5) is 3.68. The van der Waals surface area contributed by atoms with E-state index < -0.39 is 11.7 Å². The van der Waals surface area contributed by atoms with Gasteiger partial charge >= 0.3 is 6.18 Å². The molecule has 0 aliphatic rings. The van der Waals surface area contributed by atoms with Gasteiger partial charge in [0.05, 0.1) is 26.9 Å². The lowest BCUT2D eigenvalue weighted by Crippen LogP contribution is -2.05. The number of aromatic nitrogens is 1. The molecule has 0 N–H and O–H groups in total. The summed E-state index contributed by atoms with van der Waals surface area (Å²) in [7, 11) is 0. The Morgan fingerprint density at radius 1 is 1.18 bits per heavy atom. The van der Waals surface area contributed by atoms with Crippen LogP contribution in [0.15, 0.2) is 36.5 Å². The first-order valence-corrected chi connectivity index (χ1v) is 6.68. The van der Waals surface area contributed by atoms with Crippen LogP contribution < -0.4 is 0 Å². The normalized spacial score (nSPS) is 12.1. The fraction of sp³-hybridized carbons (Fsp3) is 0.0667. The number of alkyl halides is 3. The van der Waals surface area contributed by atoms with Crippen molar-refractivity contribution >= 4 is 34.9 Å². The summed E-state index contributed by atoms with van der Waals surface area (Å²) in [5, 5.41) is 9.74. The summed E-state index contributed by atoms with van der Waals surface area (Å²) in [6.07, 6.45) is -2.37. The zero-order valence-corrected chi connectivity index (χ0v) is 12.3. The summed E-state index contributed by atoms with van der Waals surface area (Å²) in [5.74, 6) is 0. The molecule has 0 bridgehead atoms. The van der Waals surface area contributed by atoms with Crippen molar-refractivity contribution < 1.29 is 13.2 Å². The zero-order valence-electron chi connectivity index (χ0n) is 10.8. The molecule has 2 nitrogen and oxygen atoms in total. The highest BCUT2D eigenvalue weighted by Crippen LogP contribution is 2.31. The molecule has 0 radical (unpaired) electrons. The standard InChI is InChI=1S/C15H7Cl2F3N2/c16-12-3-1-2-9(14(12)17)6-10(7-21)13-5-4-11(8-22-13)15(18,19)20/h1-6,8H/b10-6+. The maximum Gasteiger partial charge on any atom is 0.417 e. The summed E-state index contributed by atoms with van der Waals surface area (Å²) >= 11 is 11.9. The van der Waals surface area contributed by atoms with E-state index in [-0.39, 0.29) is 16.3 Å². The molecular formula is C15H7Cl2F3N2. The molecule has 0 aliphatic heterocycles. The molecule has 0 fully saturated rings. The zero-order chi connectivity index (χ0) is 16.3. The largest absolute Gasteiger partial charge is 0.417 e. The first kappa shape index (κ1) is 16.3. The third-order valence-corrected chi connectivity index (χ3v) is 3.60. The van der Waals surface area contributed by atoms with Crippen molar-refractivity contribution in [2.45, 2.75) is 6.18 Å². The van der Waals surface area contributed by atoms with Crippen molar-refractivity contribution in [2.24, 2.45) is 0 Å². The highest BCUT2D eigenvalue weighted by atomic mass is 35.5. The van der Waals surface area contributed by atoms with Crippen molar-refractivity contribution in [1.82, 2.24) is 4.98 Å². The Kier molecular flexibility index (Phi) is 4.74. The SMILES string of the molecule is N#C/C(=C\c1cccc(Cl)c1Cl)c1ccc(C(F)(F)F)cn1. The second-order valence-corrected chi connectivity index (χ2v) is 5.03. The van der Waals surface area contributed by atoms with E-state index in [0.717, 1.165) is 12.1 Å². The number of allylic oxidation sites excluding steroid dienone is 1. The maximum atomic E-state index is 12.5. The molecule has 1 aromatic heterocycles. The Bertz CT molecular complexity index is 760. The molecule has 0 aliphatic carbocycles. The van der Waals surface area contributed by atoms with Gasteiger partial charge < -0.3 is 0 Å². The van der Waals surface area contributed by atoms with Crippen LogP contribution in [0, 0.1) is 11.3 Å². The minimum Gasteiger partial charge on any atom is -0.255 e. The van der Waals surface area contributed by atoms with Crippen molar-refractivity contribution in [2.75, 3.05) is 0 Å². The van der Waals surface area contributed by atoms with E-state index in [4.69, 9.17) is 23.2 Å². The molecular weight excluding hydrogens is 336 g/mol. The van der Waals surface area contributed by atoms with E-state index in [2.05, 4.69) is 4.98 Å². The lowest BCUT2D eigenvalue weighted by molar-refractivity contribution is -0.137. The van der Waals surface area contributed by atoms with Crippen LogP contribution in [-0.2, 0) is 6.18 Å². The minimum absolute atomic E-state index is 0.0814. The van der Waals surface area contributed by atoms with E-state index in [9.17, 15) is 18.4 Å². The lowest BCUT2D eigenvalue weighted by Gasteiger charge is -2.07. The first-order valence-electron chi connectivity index (χ1n) is 5.92. The van der Waals surface area contributed by atoms with Crippen molar-refractivity contribution in [3.63, 3.8) is 0 Å². The predicted octanol–water partition coefficient (Wildman–Crippen LogP) is 5.47. The average molecular weight is 343 g/mol. The summed E-state index contributed by atoms with van der Waals surface area (Å²) in [6, 6.07) is 8.76. The molecule has 112 valence electrons. The smallest absolute Gasteiger partial charge is 0.255 e. The quantitative estimate of drug-likeness (QED) is 0.678. The molecule has 1 heterocycles. The molecule has 2 rings (SSSR count). The Morgan fingerprint density at radius 3 is 2.45 bits per heavy atom. The monoisotopic (exact) mass is 342 g/mol. The second kappa shape index (κ2) is 6.39. The van der Waals surface area contributed by atoms with Crippen LogP contribution in [0.4, 0.5) is 13.2 Å². The topological polar surface area (TPSA) is 36.7 Å². The maximum absolute atomic E-state index is 12.5. The number of hydrogen-bond donors (Lipinski definition) is 0. The Labute approximate surface area is 134 Å². The molecule has 1 aromatic carbocycles. The summed E-state index contributed by atoms with van der Waals surface area (Å²) in [5.41, 5.74) is -0.203. The number of benzene rings is 1. The molecule has 0 spiro atoms. The number of halogens is 5. The van der Waals surface area contributed by atoms with Gasteiger partial charge in [0.15, 0.2) is 0 Å². The predicted molar refractivity (Wildman–Crippen MR) is 79.2 cm³/mol. The molecule has 0 atom stereocenters. The van der Waals surface area contributed by atoms with E-state index >= 15 is 0 Å². The van der Waals surface area contributed by atoms with Crippen LogP contribution in [0.25, 0.3) is 11.6 Å². The van der Waals surface area contributed by atoms with Gasteiger partial charge in [-0.2, -0.15) is 18.4 Å². The van der Waals surface area contributed by atoms with E-state index in [1.807, 2.05) is 6.07 Å². The summed E-state index contributed by atoms with van der Waals surface area (Å²) < 4.78 is 37.5.